The molecule has 1 aromatic heterocycles. The summed E-state index contributed by atoms with van der Waals surface area (Å²) < 4.78 is 1.58. The molecule has 0 aliphatic heterocycles. The van der Waals surface area contributed by atoms with Crippen LogP contribution in [0.4, 0.5) is 0 Å². The molecule has 0 aromatic carbocycles. The van der Waals surface area contributed by atoms with Gasteiger partial charge in [-0.15, -0.1) is 0 Å². The van der Waals surface area contributed by atoms with Crippen LogP contribution >= 0.6 is 11.8 Å². The minimum Gasteiger partial charge on any atom is -0.481 e. The number of carbonyl (C=O) groups is 1. The first kappa shape index (κ1) is 16.8. The number of hydrogen-bond acceptors (Lipinski definition) is 4. The van der Waals surface area contributed by atoms with Crippen molar-refractivity contribution in [3.63, 3.8) is 0 Å². The standard InChI is InChI=1S/C14H22N2O3S/c1-9-11(6-7-12(17)18)10(2)16(13(19)15-9)8-14(3,4)20-5/h6-8H2,1-5H3,(H,17,18). The molecule has 0 spiro atoms. The zero-order chi connectivity index (χ0) is 15.5. The maximum Gasteiger partial charge on any atom is 0.348 e. The number of thioether (sulfide) groups is 1. The molecule has 1 rings (SSSR count). The fraction of sp³-hybridized carbons (Fsp3) is 0.643. The van der Waals surface area contributed by atoms with Gasteiger partial charge in [-0.1, -0.05) is 0 Å². The largest absolute Gasteiger partial charge is 0.481 e. The van der Waals surface area contributed by atoms with Crippen LogP contribution in [0.2, 0.25) is 0 Å². The molecule has 0 saturated carbocycles. The summed E-state index contributed by atoms with van der Waals surface area (Å²) in [6, 6.07) is 0. The van der Waals surface area contributed by atoms with Crippen molar-refractivity contribution >= 4 is 17.7 Å². The Hall–Kier alpha value is -1.30. The second-order valence-electron chi connectivity index (χ2n) is 5.49. The van der Waals surface area contributed by atoms with E-state index in [1.807, 2.05) is 13.2 Å². The zero-order valence-corrected chi connectivity index (χ0v) is 13.5. The summed E-state index contributed by atoms with van der Waals surface area (Å²) in [6.45, 7) is 8.33. The van der Waals surface area contributed by atoms with E-state index < -0.39 is 5.97 Å². The van der Waals surface area contributed by atoms with Crippen LogP contribution in [0.3, 0.4) is 0 Å². The van der Waals surface area contributed by atoms with Gasteiger partial charge in [0.2, 0.25) is 0 Å². The van der Waals surface area contributed by atoms with Crippen molar-refractivity contribution in [2.45, 2.75) is 51.8 Å². The molecule has 0 radical (unpaired) electrons. The van der Waals surface area contributed by atoms with Crippen molar-refractivity contribution in [3.8, 4) is 0 Å². The van der Waals surface area contributed by atoms with Crippen LogP contribution in [0.25, 0.3) is 0 Å². The number of aryl methyl sites for hydroxylation is 1. The molecule has 0 aliphatic rings. The molecule has 0 atom stereocenters. The third kappa shape index (κ3) is 4.10. The number of nitrogens with zero attached hydrogens (tertiary/aromatic N) is 2. The molecule has 0 aliphatic carbocycles. The lowest BCUT2D eigenvalue weighted by molar-refractivity contribution is -0.136. The molecule has 0 unspecified atom stereocenters. The molecule has 0 saturated heterocycles. The number of aromatic nitrogens is 2. The predicted octanol–water partition coefficient (Wildman–Crippen LogP) is 2.02. The van der Waals surface area contributed by atoms with E-state index in [1.165, 1.54) is 0 Å². The molecule has 1 heterocycles. The Morgan fingerprint density at radius 3 is 2.50 bits per heavy atom. The number of hydrogen-bond donors (Lipinski definition) is 1. The van der Waals surface area contributed by atoms with E-state index in [1.54, 1.807) is 23.3 Å². The summed E-state index contributed by atoms with van der Waals surface area (Å²) in [5.41, 5.74) is 2.06. The van der Waals surface area contributed by atoms with Gasteiger partial charge in [-0.2, -0.15) is 16.7 Å². The highest BCUT2D eigenvalue weighted by Crippen LogP contribution is 2.24. The quantitative estimate of drug-likeness (QED) is 0.870. The van der Waals surface area contributed by atoms with Crippen molar-refractivity contribution in [1.82, 2.24) is 9.55 Å². The van der Waals surface area contributed by atoms with Crippen molar-refractivity contribution in [2.75, 3.05) is 6.26 Å². The molecule has 5 nitrogen and oxygen atoms in total. The maximum absolute atomic E-state index is 12.1. The maximum atomic E-state index is 12.1. The third-order valence-corrected chi connectivity index (χ3v) is 4.69. The summed E-state index contributed by atoms with van der Waals surface area (Å²) in [7, 11) is 0. The van der Waals surface area contributed by atoms with Gasteiger partial charge in [-0.3, -0.25) is 9.36 Å². The van der Waals surface area contributed by atoms with Crippen LogP contribution in [-0.2, 0) is 17.8 Å². The first-order valence-electron chi connectivity index (χ1n) is 6.52. The summed E-state index contributed by atoms with van der Waals surface area (Å²) in [4.78, 5) is 26.8. The summed E-state index contributed by atoms with van der Waals surface area (Å²) >= 11 is 1.69. The van der Waals surface area contributed by atoms with Crippen LogP contribution in [0.15, 0.2) is 4.79 Å². The molecule has 0 amide bonds. The average Bonchev–Trinajstić information content (AvgIpc) is 2.34. The Kier molecular flexibility index (Phi) is 5.39. The van der Waals surface area contributed by atoms with Gasteiger partial charge in [0.25, 0.3) is 0 Å². The summed E-state index contributed by atoms with van der Waals surface area (Å²) in [6.07, 6.45) is 2.46. The molecule has 6 heteroatoms. The Balaban J connectivity index is 3.22. The Bertz CT molecular complexity index is 564. The topological polar surface area (TPSA) is 72.2 Å². The highest BCUT2D eigenvalue weighted by Gasteiger charge is 2.21. The summed E-state index contributed by atoms with van der Waals surface area (Å²) in [5, 5.41) is 8.81. The molecule has 0 bridgehead atoms. The van der Waals surface area contributed by atoms with Crippen molar-refractivity contribution in [1.29, 1.82) is 0 Å². The average molecular weight is 298 g/mol. The second kappa shape index (κ2) is 6.43. The predicted molar refractivity (Wildman–Crippen MR) is 81.5 cm³/mol. The van der Waals surface area contributed by atoms with Crippen LogP contribution in [-0.4, -0.2) is 31.6 Å². The molecular weight excluding hydrogens is 276 g/mol. The minimum absolute atomic E-state index is 0.0491. The van der Waals surface area contributed by atoms with E-state index in [4.69, 9.17) is 5.11 Å². The monoisotopic (exact) mass is 298 g/mol. The number of rotatable bonds is 6. The van der Waals surface area contributed by atoms with Gasteiger partial charge in [-0.25, -0.2) is 4.79 Å². The lowest BCUT2D eigenvalue weighted by Gasteiger charge is -2.25. The molecule has 1 N–H and O–H groups in total. The first-order valence-corrected chi connectivity index (χ1v) is 7.74. The van der Waals surface area contributed by atoms with E-state index in [9.17, 15) is 9.59 Å². The molecule has 0 fully saturated rings. The van der Waals surface area contributed by atoms with Crippen molar-refractivity contribution in [2.24, 2.45) is 0 Å². The van der Waals surface area contributed by atoms with Gasteiger partial charge in [0.1, 0.15) is 0 Å². The van der Waals surface area contributed by atoms with Crippen molar-refractivity contribution < 1.29 is 9.90 Å². The number of aliphatic carboxylic acids is 1. The molecule has 1 aromatic rings. The fourth-order valence-electron chi connectivity index (χ4n) is 2.06. The van der Waals surface area contributed by atoms with Gasteiger partial charge in [0.15, 0.2) is 0 Å². The van der Waals surface area contributed by atoms with Gasteiger partial charge in [-0.05, 0) is 45.9 Å². The number of carboxylic acid groups (broad SMARTS) is 1. The Morgan fingerprint density at radius 2 is 2.00 bits per heavy atom. The van der Waals surface area contributed by atoms with Crippen LogP contribution in [0.1, 0.15) is 37.2 Å². The van der Waals surface area contributed by atoms with Crippen molar-refractivity contribution in [3.05, 3.63) is 27.4 Å². The zero-order valence-electron chi connectivity index (χ0n) is 12.7. The molecular formula is C14H22N2O3S. The number of carboxylic acids is 1. The summed E-state index contributed by atoms with van der Waals surface area (Å²) in [5.74, 6) is -0.842. The van der Waals surface area contributed by atoms with Gasteiger partial charge < -0.3 is 5.11 Å². The Labute approximate surface area is 123 Å². The normalized spacial score (nSPS) is 11.7. The SMILES string of the molecule is CSC(C)(C)Cn1c(C)c(CCC(=O)O)c(C)nc1=O. The fourth-order valence-corrected chi connectivity index (χ4v) is 2.32. The van der Waals surface area contributed by atoms with Gasteiger partial charge in [0.05, 0.1) is 0 Å². The lowest BCUT2D eigenvalue weighted by Crippen LogP contribution is -2.34. The van der Waals surface area contributed by atoms with Crippen LogP contribution < -0.4 is 5.69 Å². The van der Waals surface area contributed by atoms with E-state index in [2.05, 4.69) is 18.8 Å². The first-order chi connectivity index (χ1) is 9.18. The highest BCUT2D eigenvalue weighted by atomic mass is 32.2. The van der Waals surface area contributed by atoms with E-state index in [0.29, 0.717) is 18.7 Å². The van der Waals surface area contributed by atoms with Crippen LogP contribution in [0.5, 0.6) is 0 Å². The Morgan fingerprint density at radius 1 is 1.40 bits per heavy atom. The lowest BCUT2D eigenvalue weighted by atomic mass is 10.1. The molecule has 20 heavy (non-hydrogen) atoms. The van der Waals surface area contributed by atoms with Crippen LogP contribution in [0, 0.1) is 13.8 Å². The molecule has 112 valence electrons. The second-order valence-corrected chi connectivity index (χ2v) is 7.00. The van der Waals surface area contributed by atoms with Gasteiger partial charge >= 0.3 is 11.7 Å². The van der Waals surface area contributed by atoms with E-state index in [0.717, 1.165) is 11.3 Å². The third-order valence-electron chi connectivity index (χ3n) is 3.45. The van der Waals surface area contributed by atoms with Gasteiger partial charge in [0, 0.05) is 29.1 Å². The van der Waals surface area contributed by atoms with E-state index >= 15 is 0 Å². The minimum atomic E-state index is -0.842. The van der Waals surface area contributed by atoms with E-state index in [-0.39, 0.29) is 16.9 Å². The highest BCUT2D eigenvalue weighted by molar-refractivity contribution is 7.99. The smallest absolute Gasteiger partial charge is 0.348 e.